The maximum absolute atomic E-state index is 12.2. The monoisotopic (exact) mass is 291 g/mol. The molecule has 1 aromatic heterocycles. The molecule has 5 nitrogen and oxygen atoms in total. The predicted octanol–water partition coefficient (Wildman–Crippen LogP) is 2.86. The van der Waals surface area contributed by atoms with Crippen molar-refractivity contribution in [1.29, 1.82) is 0 Å². The van der Waals surface area contributed by atoms with Crippen molar-refractivity contribution < 1.29 is 9.32 Å². The van der Waals surface area contributed by atoms with E-state index in [1.54, 1.807) is 11.8 Å². The molecule has 104 valence electrons. The summed E-state index contributed by atoms with van der Waals surface area (Å²) in [6.07, 6.45) is 0.394. The predicted molar refractivity (Wildman–Crippen MR) is 74.9 cm³/mol. The van der Waals surface area contributed by atoms with Crippen molar-refractivity contribution in [1.82, 2.24) is 10.1 Å². The Morgan fingerprint density at radius 2 is 2.20 bits per heavy atom. The molecule has 1 atom stereocenters. The highest BCUT2D eigenvalue weighted by molar-refractivity contribution is 6.31. The number of carbonyl (C=O) groups is 1. The molecule has 0 spiro atoms. The summed E-state index contributed by atoms with van der Waals surface area (Å²) < 4.78 is 4.98. The topological polar surface area (TPSA) is 59.2 Å². The van der Waals surface area contributed by atoms with Gasteiger partial charge in [-0.1, -0.05) is 22.8 Å². The molecular formula is C14H14ClN3O2. The first-order valence-corrected chi connectivity index (χ1v) is 6.79. The van der Waals surface area contributed by atoms with Gasteiger partial charge in [-0.25, -0.2) is 0 Å². The van der Waals surface area contributed by atoms with Crippen molar-refractivity contribution in [2.24, 2.45) is 0 Å². The average Bonchev–Trinajstić information content (AvgIpc) is 2.99. The number of aromatic nitrogens is 2. The highest BCUT2D eigenvalue weighted by Gasteiger charge is 2.35. The third kappa shape index (κ3) is 2.18. The third-order valence-electron chi connectivity index (χ3n) is 3.56. The van der Waals surface area contributed by atoms with Crippen molar-refractivity contribution in [3.8, 4) is 0 Å². The van der Waals surface area contributed by atoms with Gasteiger partial charge in [0.05, 0.1) is 0 Å². The lowest BCUT2D eigenvalue weighted by Crippen LogP contribution is -2.25. The van der Waals surface area contributed by atoms with Gasteiger partial charge >= 0.3 is 0 Å². The molecule has 1 fully saturated rings. The Morgan fingerprint density at radius 1 is 1.40 bits per heavy atom. The number of carbonyl (C=O) groups excluding carboxylic acids is 1. The van der Waals surface area contributed by atoms with Crippen LogP contribution in [0.3, 0.4) is 0 Å². The maximum Gasteiger partial charge on any atom is 0.227 e. The molecule has 1 aromatic carbocycles. The minimum atomic E-state index is -0.0293. The minimum absolute atomic E-state index is 0.0293. The van der Waals surface area contributed by atoms with Gasteiger partial charge in [0.25, 0.3) is 0 Å². The van der Waals surface area contributed by atoms with E-state index in [0.29, 0.717) is 29.7 Å². The van der Waals surface area contributed by atoms with Crippen LogP contribution in [0.15, 0.2) is 22.7 Å². The van der Waals surface area contributed by atoms with Crippen LogP contribution >= 0.6 is 11.6 Å². The smallest absolute Gasteiger partial charge is 0.227 e. The summed E-state index contributed by atoms with van der Waals surface area (Å²) in [5, 5.41) is 4.57. The zero-order valence-electron chi connectivity index (χ0n) is 11.3. The summed E-state index contributed by atoms with van der Waals surface area (Å²) in [5.41, 5.74) is 1.76. The fraction of sp³-hybridized carbons (Fsp3) is 0.357. The highest BCUT2D eigenvalue weighted by atomic mass is 35.5. The second kappa shape index (κ2) is 4.90. The number of nitrogens with zero attached hydrogens (tertiary/aromatic N) is 3. The Morgan fingerprint density at radius 3 is 2.90 bits per heavy atom. The molecule has 0 bridgehead atoms. The van der Waals surface area contributed by atoms with E-state index in [9.17, 15) is 4.79 Å². The van der Waals surface area contributed by atoms with Crippen LogP contribution in [0.25, 0.3) is 0 Å². The summed E-state index contributed by atoms with van der Waals surface area (Å²) in [6.45, 7) is 4.21. The lowest BCUT2D eigenvalue weighted by molar-refractivity contribution is -0.117. The molecule has 1 unspecified atom stereocenters. The van der Waals surface area contributed by atoms with E-state index < -0.39 is 0 Å². The van der Waals surface area contributed by atoms with Gasteiger partial charge in [0, 0.05) is 36.5 Å². The number of benzene rings is 1. The molecule has 20 heavy (non-hydrogen) atoms. The van der Waals surface area contributed by atoms with Gasteiger partial charge in [-0.15, -0.1) is 0 Å². The van der Waals surface area contributed by atoms with Crippen LogP contribution in [0, 0.1) is 13.8 Å². The van der Waals surface area contributed by atoms with Gasteiger partial charge in [0.2, 0.25) is 11.8 Å². The summed E-state index contributed by atoms with van der Waals surface area (Å²) >= 11 is 6.12. The fourth-order valence-electron chi connectivity index (χ4n) is 2.48. The highest BCUT2D eigenvalue weighted by Crippen LogP contribution is 2.34. The van der Waals surface area contributed by atoms with Crippen molar-refractivity contribution in [3.05, 3.63) is 40.5 Å². The van der Waals surface area contributed by atoms with Gasteiger partial charge in [0.15, 0.2) is 5.82 Å². The van der Waals surface area contributed by atoms with E-state index in [1.807, 2.05) is 25.1 Å². The number of halogens is 1. The molecule has 1 aliphatic heterocycles. The van der Waals surface area contributed by atoms with Crippen molar-refractivity contribution >= 4 is 23.2 Å². The molecule has 2 aromatic rings. The van der Waals surface area contributed by atoms with Gasteiger partial charge in [-0.3, -0.25) is 4.79 Å². The lowest BCUT2D eigenvalue weighted by Gasteiger charge is -2.19. The quantitative estimate of drug-likeness (QED) is 0.853. The zero-order chi connectivity index (χ0) is 14.3. The second-order valence-electron chi connectivity index (χ2n) is 4.96. The first-order valence-electron chi connectivity index (χ1n) is 6.42. The molecule has 0 saturated carbocycles. The van der Waals surface area contributed by atoms with Crippen LogP contribution in [0.4, 0.5) is 5.69 Å². The Kier molecular flexibility index (Phi) is 3.22. The lowest BCUT2D eigenvalue weighted by atomic mass is 10.1. The van der Waals surface area contributed by atoms with E-state index in [0.717, 1.165) is 11.3 Å². The molecule has 0 N–H and O–H groups in total. The van der Waals surface area contributed by atoms with Crippen LogP contribution in [-0.2, 0) is 4.79 Å². The minimum Gasteiger partial charge on any atom is -0.340 e. The van der Waals surface area contributed by atoms with Crippen molar-refractivity contribution in [3.63, 3.8) is 0 Å². The summed E-state index contributed by atoms with van der Waals surface area (Å²) in [4.78, 5) is 18.2. The van der Waals surface area contributed by atoms with E-state index in [1.165, 1.54) is 0 Å². The van der Waals surface area contributed by atoms with E-state index in [4.69, 9.17) is 16.1 Å². The summed E-state index contributed by atoms with van der Waals surface area (Å²) in [5.74, 6) is 1.14. The SMILES string of the molecule is Cc1nc(C2CC(=O)N(c3cccc(Cl)c3C)C2)no1. The van der Waals surface area contributed by atoms with Crippen LogP contribution in [0.1, 0.15) is 29.6 Å². The number of hydrogen-bond donors (Lipinski definition) is 0. The third-order valence-corrected chi connectivity index (χ3v) is 3.97. The van der Waals surface area contributed by atoms with Crippen LogP contribution in [-0.4, -0.2) is 22.6 Å². The van der Waals surface area contributed by atoms with Gasteiger partial charge < -0.3 is 9.42 Å². The Labute approximate surface area is 121 Å². The van der Waals surface area contributed by atoms with Gasteiger partial charge in [-0.05, 0) is 24.6 Å². The molecule has 0 radical (unpaired) electrons. The number of amides is 1. The number of anilines is 1. The van der Waals surface area contributed by atoms with Crippen molar-refractivity contribution in [2.75, 3.05) is 11.4 Å². The van der Waals surface area contributed by atoms with E-state index >= 15 is 0 Å². The first kappa shape index (κ1) is 13.1. The Balaban J connectivity index is 1.89. The van der Waals surface area contributed by atoms with Gasteiger partial charge in [0.1, 0.15) is 0 Å². The van der Waals surface area contributed by atoms with Crippen LogP contribution in [0.2, 0.25) is 5.02 Å². The maximum atomic E-state index is 12.2. The van der Waals surface area contributed by atoms with Gasteiger partial charge in [-0.2, -0.15) is 4.98 Å². The molecule has 3 rings (SSSR count). The van der Waals surface area contributed by atoms with E-state index in [-0.39, 0.29) is 11.8 Å². The average molecular weight is 292 g/mol. The molecule has 1 amide bonds. The largest absolute Gasteiger partial charge is 0.340 e. The van der Waals surface area contributed by atoms with Crippen LogP contribution in [0.5, 0.6) is 0 Å². The zero-order valence-corrected chi connectivity index (χ0v) is 12.0. The first-order chi connectivity index (χ1) is 9.56. The normalized spacial score (nSPS) is 18.9. The van der Waals surface area contributed by atoms with Crippen LogP contribution < -0.4 is 4.90 Å². The van der Waals surface area contributed by atoms with E-state index in [2.05, 4.69) is 10.1 Å². The molecule has 6 heteroatoms. The molecule has 1 saturated heterocycles. The fourth-order valence-corrected chi connectivity index (χ4v) is 2.65. The second-order valence-corrected chi connectivity index (χ2v) is 5.37. The van der Waals surface area contributed by atoms with Crippen molar-refractivity contribution in [2.45, 2.75) is 26.2 Å². The standard InChI is InChI=1S/C14H14ClN3O2/c1-8-11(15)4-3-5-12(8)18-7-10(6-13(18)19)14-16-9(2)20-17-14/h3-5,10H,6-7H2,1-2H3. The number of rotatable bonds is 2. The molecular weight excluding hydrogens is 278 g/mol. The molecule has 1 aliphatic rings. The number of hydrogen-bond acceptors (Lipinski definition) is 4. The molecule has 2 heterocycles. The number of aryl methyl sites for hydroxylation is 1. The summed E-state index contributed by atoms with van der Waals surface area (Å²) in [7, 11) is 0. The Hall–Kier alpha value is -1.88. The molecule has 0 aliphatic carbocycles. The Bertz CT molecular complexity index is 668. The summed E-state index contributed by atoms with van der Waals surface area (Å²) in [6, 6.07) is 5.58.